The molecule has 2 amide bonds. The van der Waals surface area contributed by atoms with Gasteiger partial charge in [-0.05, 0) is 48.7 Å². The summed E-state index contributed by atoms with van der Waals surface area (Å²) < 4.78 is 4.66. The van der Waals surface area contributed by atoms with E-state index in [1.807, 2.05) is 6.07 Å². The van der Waals surface area contributed by atoms with Gasteiger partial charge in [0.25, 0.3) is 0 Å². The third-order valence-corrected chi connectivity index (χ3v) is 5.75. The van der Waals surface area contributed by atoms with Crippen LogP contribution in [0, 0.1) is 17.2 Å². The first-order valence-corrected chi connectivity index (χ1v) is 10.3. The number of carbonyl (C=O) groups is 3. The molecule has 1 aliphatic heterocycles. The number of rotatable bonds is 6. The summed E-state index contributed by atoms with van der Waals surface area (Å²) in [4.78, 5) is 42.7. The van der Waals surface area contributed by atoms with Crippen molar-refractivity contribution in [2.75, 3.05) is 12.0 Å². The van der Waals surface area contributed by atoms with Crippen LogP contribution < -0.4 is 4.90 Å². The lowest BCUT2D eigenvalue weighted by Crippen LogP contribution is -2.31. The van der Waals surface area contributed by atoms with Crippen LogP contribution in [0.25, 0.3) is 0 Å². The van der Waals surface area contributed by atoms with Gasteiger partial charge in [0.15, 0.2) is 0 Å². The zero-order chi connectivity index (χ0) is 21.8. The lowest BCUT2D eigenvalue weighted by atomic mass is 10.1. The predicted octanol–water partition coefficient (Wildman–Crippen LogP) is 3.36. The Hall–Kier alpha value is -3.18. The number of ether oxygens (including phenoxy) is 1. The van der Waals surface area contributed by atoms with Crippen LogP contribution in [-0.2, 0) is 20.7 Å². The molecule has 2 aromatic rings. The van der Waals surface area contributed by atoms with Crippen LogP contribution in [0.1, 0.15) is 41.9 Å². The molecule has 0 bridgehead atoms. The van der Waals surface area contributed by atoms with Crippen molar-refractivity contribution in [3.05, 3.63) is 53.2 Å². The first-order valence-electron chi connectivity index (χ1n) is 9.46. The number of nitrogens with zero attached hydrogens (tertiary/aromatic N) is 3. The van der Waals surface area contributed by atoms with Crippen molar-refractivity contribution in [1.29, 1.82) is 5.26 Å². The number of benzene rings is 1. The first-order chi connectivity index (χ1) is 14.3. The van der Waals surface area contributed by atoms with Crippen molar-refractivity contribution in [2.24, 2.45) is 5.92 Å². The van der Waals surface area contributed by atoms with E-state index in [2.05, 4.69) is 29.6 Å². The zero-order valence-electron chi connectivity index (χ0n) is 16.9. The fraction of sp³-hybridized carbons (Fsp3) is 0.318. The van der Waals surface area contributed by atoms with E-state index in [0.717, 1.165) is 28.8 Å². The fourth-order valence-corrected chi connectivity index (χ4v) is 4.26. The number of anilines is 1. The zero-order valence-corrected chi connectivity index (χ0v) is 17.7. The van der Waals surface area contributed by atoms with Crippen LogP contribution in [-0.4, -0.2) is 35.1 Å². The molecule has 1 aromatic heterocycles. The summed E-state index contributed by atoms with van der Waals surface area (Å²) in [6, 6.07) is 11.7. The molecule has 1 aliphatic rings. The first kappa shape index (κ1) is 21.5. The number of imide groups is 1. The van der Waals surface area contributed by atoms with Gasteiger partial charge in [0.2, 0.25) is 11.8 Å². The average molecular weight is 423 g/mol. The third kappa shape index (κ3) is 4.52. The second-order valence-electron chi connectivity index (χ2n) is 7.28. The molecule has 0 radical (unpaired) electrons. The highest BCUT2D eigenvalue weighted by atomic mass is 32.2. The maximum absolute atomic E-state index is 12.9. The highest BCUT2D eigenvalue weighted by Crippen LogP contribution is 2.35. The monoisotopic (exact) mass is 423 g/mol. The Morgan fingerprint density at radius 3 is 2.57 bits per heavy atom. The smallest absolute Gasteiger partial charge is 0.337 e. The maximum Gasteiger partial charge on any atom is 0.337 e. The minimum atomic E-state index is -0.660. The van der Waals surface area contributed by atoms with E-state index < -0.39 is 11.2 Å². The normalized spacial score (nSPS) is 16.1. The average Bonchev–Trinajstić information content (AvgIpc) is 3.00. The summed E-state index contributed by atoms with van der Waals surface area (Å²) in [5.41, 5.74) is 1.95. The van der Waals surface area contributed by atoms with Crippen molar-refractivity contribution in [2.45, 2.75) is 37.0 Å². The number of methoxy groups -OCH3 is 1. The minimum absolute atomic E-state index is 0.0171. The van der Waals surface area contributed by atoms with Crippen molar-refractivity contribution >= 4 is 35.2 Å². The highest BCUT2D eigenvalue weighted by Gasteiger charge is 2.40. The number of thioether (sulfide) groups is 1. The van der Waals surface area contributed by atoms with Gasteiger partial charge in [-0.15, -0.1) is 0 Å². The van der Waals surface area contributed by atoms with Crippen molar-refractivity contribution in [1.82, 2.24) is 4.98 Å². The summed E-state index contributed by atoms with van der Waals surface area (Å²) in [6.45, 7) is 4.16. The van der Waals surface area contributed by atoms with Crippen molar-refractivity contribution in [3.8, 4) is 6.07 Å². The molecule has 1 aromatic carbocycles. The molecule has 1 unspecified atom stereocenters. The van der Waals surface area contributed by atoms with Crippen LogP contribution in [0.5, 0.6) is 0 Å². The number of esters is 1. The van der Waals surface area contributed by atoms with Crippen LogP contribution in [0.3, 0.4) is 0 Å². The molecule has 30 heavy (non-hydrogen) atoms. The Bertz CT molecular complexity index is 1030. The lowest BCUT2D eigenvalue weighted by molar-refractivity contribution is -0.121. The molecule has 154 valence electrons. The van der Waals surface area contributed by atoms with E-state index in [4.69, 9.17) is 0 Å². The number of nitriles is 1. The summed E-state index contributed by atoms with van der Waals surface area (Å²) in [6.07, 6.45) is 0.776. The number of hydrogen-bond acceptors (Lipinski definition) is 7. The molecule has 2 heterocycles. The quantitative estimate of drug-likeness (QED) is 0.519. The van der Waals surface area contributed by atoms with Crippen LogP contribution in [0.2, 0.25) is 0 Å². The standard InChI is InChI=1S/C22H21N3O4S/c1-13(2)10-16-7-4-15(12-23)20(24-16)30-18-11-19(26)25(21(18)27)17-8-5-14(6-9-17)22(28)29-3/h4-9,13,18H,10-11H2,1-3H3. The van der Waals surface area contributed by atoms with E-state index >= 15 is 0 Å². The van der Waals surface area contributed by atoms with E-state index in [-0.39, 0.29) is 18.2 Å². The molecular weight excluding hydrogens is 402 g/mol. The second-order valence-corrected chi connectivity index (χ2v) is 8.47. The molecular formula is C22H21N3O4S. The second kappa shape index (κ2) is 9.09. The number of pyridine rings is 1. The van der Waals surface area contributed by atoms with Gasteiger partial charge in [-0.1, -0.05) is 25.6 Å². The molecule has 1 atom stereocenters. The molecule has 8 heteroatoms. The number of hydrogen-bond donors (Lipinski definition) is 0. The summed E-state index contributed by atoms with van der Waals surface area (Å²) >= 11 is 1.15. The molecule has 3 rings (SSSR count). The fourth-order valence-electron chi connectivity index (χ4n) is 3.15. The minimum Gasteiger partial charge on any atom is -0.465 e. The van der Waals surface area contributed by atoms with Gasteiger partial charge in [0, 0.05) is 12.1 Å². The summed E-state index contributed by atoms with van der Waals surface area (Å²) in [5, 5.41) is 9.20. The van der Waals surface area contributed by atoms with Gasteiger partial charge in [-0.25, -0.2) is 14.7 Å². The van der Waals surface area contributed by atoms with Crippen LogP contribution in [0.4, 0.5) is 5.69 Å². The van der Waals surface area contributed by atoms with Gasteiger partial charge < -0.3 is 4.74 Å². The van der Waals surface area contributed by atoms with Gasteiger partial charge in [0.1, 0.15) is 11.1 Å². The van der Waals surface area contributed by atoms with Gasteiger partial charge in [-0.3, -0.25) is 9.59 Å². The molecule has 0 spiro atoms. The summed E-state index contributed by atoms with van der Waals surface area (Å²) in [5.74, 6) is -0.789. The molecule has 1 fully saturated rings. The van der Waals surface area contributed by atoms with Gasteiger partial charge >= 0.3 is 5.97 Å². The van der Waals surface area contributed by atoms with E-state index in [1.54, 1.807) is 6.07 Å². The molecule has 0 saturated carbocycles. The number of aromatic nitrogens is 1. The van der Waals surface area contributed by atoms with E-state index in [1.165, 1.54) is 31.4 Å². The van der Waals surface area contributed by atoms with Crippen molar-refractivity contribution in [3.63, 3.8) is 0 Å². The molecule has 0 aliphatic carbocycles. The maximum atomic E-state index is 12.9. The number of carbonyl (C=O) groups excluding carboxylic acids is 3. The molecule has 1 saturated heterocycles. The Morgan fingerprint density at radius 1 is 1.27 bits per heavy atom. The third-order valence-electron chi connectivity index (χ3n) is 4.56. The molecule has 0 N–H and O–H groups in total. The van der Waals surface area contributed by atoms with Crippen LogP contribution >= 0.6 is 11.8 Å². The Morgan fingerprint density at radius 2 is 1.97 bits per heavy atom. The van der Waals surface area contributed by atoms with Gasteiger partial charge in [0.05, 0.1) is 29.2 Å². The SMILES string of the molecule is COC(=O)c1ccc(N2C(=O)CC(Sc3nc(CC(C)C)ccc3C#N)C2=O)cc1. The summed E-state index contributed by atoms with van der Waals surface area (Å²) in [7, 11) is 1.28. The lowest BCUT2D eigenvalue weighted by Gasteiger charge is -2.15. The largest absolute Gasteiger partial charge is 0.465 e. The topological polar surface area (TPSA) is 100 Å². The van der Waals surface area contributed by atoms with E-state index in [0.29, 0.717) is 27.8 Å². The highest BCUT2D eigenvalue weighted by molar-refractivity contribution is 8.00. The Kier molecular flexibility index (Phi) is 6.53. The van der Waals surface area contributed by atoms with Crippen LogP contribution in [0.15, 0.2) is 41.4 Å². The predicted molar refractivity (Wildman–Crippen MR) is 112 cm³/mol. The number of amides is 2. The Balaban J connectivity index is 1.81. The van der Waals surface area contributed by atoms with Crippen molar-refractivity contribution < 1.29 is 19.1 Å². The Labute approximate surface area is 179 Å². The van der Waals surface area contributed by atoms with E-state index in [9.17, 15) is 19.6 Å². The van der Waals surface area contributed by atoms with Gasteiger partial charge in [-0.2, -0.15) is 5.26 Å². The molecule has 7 nitrogen and oxygen atoms in total.